The third-order valence-electron chi connectivity index (χ3n) is 6.20. The van der Waals surface area contributed by atoms with Gasteiger partial charge in [-0.2, -0.15) is 13.2 Å². The molecule has 178 valence electrons. The molecule has 0 spiro atoms. The summed E-state index contributed by atoms with van der Waals surface area (Å²) in [6, 6.07) is 18.5. The maximum Gasteiger partial charge on any atom is 0.416 e. The van der Waals surface area contributed by atoms with Crippen molar-refractivity contribution in [3.63, 3.8) is 0 Å². The second-order valence-electron chi connectivity index (χ2n) is 8.72. The molecule has 0 unspecified atom stereocenters. The molecular weight excluding hydrogens is 444 g/mol. The van der Waals surface area contributed by atoms with E-state index in [2.05, 4.69) is 4.90 Å². The third kappa shape index (κ3) is 5.65. The number of rotatable bonds is 5. The van der Waals surface area contributed by atoms with Crippen LogP contribution in [0.4, 0.5) is 23.2 Å². The lowest BCUT2D eigenvalue weighted by atomic mass is 9.99. The van der Waals surface area contributed by atoms with Crippen LogP contribution in [0.5, 0.6) is 0 Å². The minimum absolute atomic E-state index is 0.1000. The molecule has 0 aliphatic carbocycles. The summed E-state index contributed by atoms with van der Waals surface area (Å²) in [4.78, 5) is 17.3. The number of aryl methyl sites for hydroxylation is 1. The van der Waals surface area contributed by atoms with Gasteiger partial charge in [0, 0.05) is 36.9 Å². The minimum Gasteiger partial charge on any atom is -0.305 e. The number of piperidine rings is 1. The average Bonchev–Trinajstić information content (AvgIpc) is 2.81. The zero-order chi connectivity index (χ0) is 24.3. The molecule has 1 saturated heterocycles. The number of halogens is 4. The summed E-state index contributed by atoms with van der Waals surface area (Å²) in [5, 5.41) is 0. The maximum atomic E-state index is 13.5. The van der Waals surface area contributed by atoms with Crippen molar-refractivity contribution in [1.29, 1.82) is 0 Å². The molecule has 0 radical (unpaired) electrons. The number of alkyl halides is 3. The molecule has 0 N–H and O–H groups in total. The van der Waals surface area contributed by atoms with Gasteiger partial charge in [-0.3, -0.25) is 9.69 Å². The number of hydrogen-bond acceptors (Lipinski definition) is 2. The van der Waals surface area contributed by atoms with Gasteiger partial charge in [-0.1, -0.05) is 35.9 Å². The molecule has 7 heteroatoms. The molecule has 0 saturated carbocycles. The van der Waals surface area contributed by atoms with E-state index < -0.39 is 11.7 Å². The fraction of sp³-hybridized carbons (Fsp3) is 0.296. The molecule has 3 nitrogen and oxygen atoms in total. The number of benzene rings is 3. The Hall–Kier alpha value is -3.19. The molecule has 1 aliphatic heterocycles. The number of amides is 1. The van der Waals surface area contributed by atoms with Crippen molar-refractivity contribution in [2.75, 3.05) is 18.0 Å². The molecule has 1 aliphatic rings. The van der Waals surface area contributed by atoms with Gasteiger partial charge in [-0.15, -0.1) is 0 Å². The van der Waals surface area contributed by atoms with Crippen LogP contribution in [-0.2, 0) is 12.7 Å². The van der Waals surface area contributed by atoms with Crippen molar-refractivity contribution in [2.45, 2.75) is 38.5 Å². The first kappa shape index (κ1) is 24.0. The summed E-state index contributed by atoms with van der Waals surface area (Å²) in [6.45, 7) is 3.64. The van der Waals surface area contributed by atoms with E-state index in [-0.39, 0.29) is 17.8 Å². The first-order valence-corrected chi connectivity index (χ1v) is 11.2. The monoisotopic (exact) mass is 470 g/mol. The van der Waals surface area contributed by atoms with E-state index in [1.165, 1.54) is 24.3 Å². The number of hydrogen-bond donors (Lipinski definition) is 0. The van der Waals surface area contributed by atoms with Crippen LogP contribution in [0.3, 0.4) is 0 Å². The summed E-state index contributed by atoms with van der Waals surface area (Å²) in [5.74, 6) is -0.523. The number of carbonyl (C=O) groups excluding carboxylic acids is 1. The Bertz CT molecular complexity index is 1120. The maximum absolute atomic E-state index is 13.5. The van der Waals surface area contributed by atoms with Crippen LogP contribution in [0.25, 0.3) is 0 Å². The van der Waals surface area contributed by atoms with Gasteiger partial charge in [0.2, 0.25) is 0 Å². The normalized spacial score (nSPS) is 15.3. The largest absolute Gasteiger partial charge is 0.416 e. The predicted octanol–water partition coefficient (Wildman–Crippen LogP) is 6.46. The van der Waals surface area contributed by atoms with E-state index in [0.717, 1.165) is 11.6 Å². The molecule has 1 fully saturated rings. The standard InChI is InChI=1S/C27H26F4N2O/c1-19-5-7-21(8-6-19)26(34)33(24-11-9-23(28)10-12-24)25-13-15-32(16-14-25)18-20-3-2-4-22(17-20)27(29,30)31/h2-12,17,25H,13-16,18H2,1H3. The van der Waals surface area contributed by atoms with Crippen LogP contribution in [0.1, 0.15) is 39.9 Å². The van der Waals surface area contributed by atoms with E-state index in [1.54, 1.807) is 35.2 Å². The first-order valence-electron chi connectivity index (χ1n) is 11.2. The van der Waals surface area contributed by atoms with E-state index in [0.29, 0.717) is 49.3 Å². The molecule has 0 atom stereocenters. The van der Waals surface area contributed by atoms with Crippen molar-refractivity contribution < 1.29 is 22.4 Å². The Labute approximate surface area is 196 Å². The van der Waals surface area contributed by atoms with Crippen molar-refractivity contribution in [3.05, 3.63) is 101 Å². The van der Waals surface area contributed by atoms with E-state index in [1.807, 2.05) is 19.1 Å². The minimum atomic E-state index is -4.37. The van der Waals surface area contributed by atoms with Crippen molar-refractivity contribution in [2.24, 2.45) is 0 Å². The van der Waals surface area contributed by atoms with Crippen LogP contribution in [0, 0.1) is 12.7 Å². The van der Waals surface area contributed by atoms with Gasteiger partial charge in [-0.05, 0) is 67.8 Å². The van der Waals surface area contributed by atoms with Gasteiger partial charge in [-0.25, -0.2) is 4.39 Å². The number of nitrogens with zero attached hydrogens (tertiary/aromatic N) is 2. The highest BCUT2D eigenvalue weighted by molar-refractivity contribution is 6.06. The van der Waals surface area contributed by atoms with Gasteiger partial charge in [0.25, 0.3) is 5.91 Å². The van der Waals surface area contributed by atoms with Crippen LogP contribution in [0.15, 0.2) is 72.8 Å². The average molecular weight is 471 g/mol. The molecule has 34 heavy (non-hydrogen) atoms. The van der Waals surface area contributed by atoms with Gasteiger partial charge >= 0.3 is 6.18 Å². The van der Waals surface area contributed by atoms with Crippen molar-refractivity contribution in [3.8, 4) is 0 Å². The number of carbonyl (C=O) groups is 1. The molecule has 4 rings (SSSR count). The van der Waals surface area contributed by atoms with E-state index >= 15 is 0 Å². The SMILES string of the molecule is Cc1ccc(C(=O)N(c2ccc(F)cc2)C2CCN(Cc3cccc(C(F)(F)F)c3)CC2)cc1. The first-order chi connectivity index (χ1) is 16.2. The summed E-state index contributed by atoms with van der Waals surface area (Å²) in [5.41, 5.74) is 2.20. The summed E-state index contributed by atoms with van der Waals surface area (Å²) in [7, 11) is 0. The summed E-state index contributed by atoms with van der Waals surface area (Å²) >= 11 is 0. The van der Waals surface area contributed by atoms with Crippen LogP contribution in [0.2, 0.25) is 0 Å². The Morgan fingerprint density at radius 2 is 1.62 bits per heavy atom. The van der Waals surface area contributed by atoms with Crippen molar-refractivity contribution >= 4 is 11.6 Å². The van der Waals surface area contributed by atoms with Gasteiger partial charge < -0.3 is 4.90 Å². The highest BCUT2D eigenvalue weighted by Crippen LogP contribution is 2.31. The molecule has 3 aromatic rings. The predicted molar refractivity (Wildman–Crippen MR) is 124 cm³/mol. The van der Waals surface area contributed by atoms with Crippen LogP contribution >= 0.6 is 0 Å². The Kier molecular flexibility index (Phi) is 7.03. The van der Waals surface area contributed by atoms with Crippen LogP contribution < -0.4 is 4.90 Å². The van der Waals surface area contributed by atoms with Gasteiger partial charge in [0.15, 0.2) is 0 Å². The fourth-order valence-electron chi connectivity index (χ4n) is 4.37. The lowest BCUT2D eigenvalue weighted by molar-refractivity contribution is -0.137. The Morgan fingerprint density at radius 3 is 2.24 bits per heavy atom. The zero-order valence-corrected chi connectivity index (χ0v) is 18.9. The smallest absolute Gasteiger partial charge is 0.305 e. The Morgan fingerprint density at radius 1 is 0.971 bits per heavy atom. The fourth-order valence-corrected chi connectivity index (χ4v) is 4.37. The molecule has 0 bridgehead atoms. The lowest BCUT2D eigenvalue weighted by Gasteiger charge is -2.38. The number of likely N-dealkylation sites (tertiary alicyclic amines) is 1. The third-order valence-corrected chi connectivity index (χ3v) is 6.20. The molecule has 1 heterocycles. The molecular formula is C27H26F4N2O. The summed E-state index contributed by atoms with van der Waals surface area (Å²) in [6.07, 6.45) is -3.04. The van der Waals surface area contributed by atoms with Crippen LogP contribution in [-0.4, -0.2) is 29.9 Å². The molecule has 3 aromatic carbocycles. The topological polar surface area (TPSA) is 23.6 Å². The lowest BCUT2D eigenvalue weighted by Crippen LogP contribution is -2.47. The highest BCUT2D eigenvalue weighted by atomic mass is 19.4. The summed E-state index contributed by atoms with van der Waals surface area (Å²) < 4.78 is 52.6. The second-order valence-corrected chi connectivity index (χ2v) is 8.72. The second kappa shape index (κ2) is 9.97. The molecule has 0 aromatic heterocycles. The van der Waals surface area contributed by atoms with E-state index in [9.17, 15) is 22.4 Å². The highest BCUT2D eigenvalue weighted by Gasteiger charge is 2.32. The molecule has 1 amide bonds. The number of anilines is 1. The van der Waals surface area contributed by atoms with Crippen molar-refractivity contribution in [1.82, 2.24) is 4.90 Å². The van der Waals surface area contributed by atoms with Gasteiger partial charge in [0.1, 0.15) is 5.82 Å². The zero-order valence-electron chi connectivity index (χ0n) is 18.9. The quantitative estimate of drug-likeness (QED) is 0.400. The Balaban J connectivity index is 1.49. The van der Waals surface area contributed by atoms with E-state index in [4.69, 9.17) is 0 Å². The van der Waals surface area contributed by atoms with Gasteiger partial charge in [0.05, 0.1) is 5.56 Å².